The van der Waals surface area contributed by atoms with Crippen LogP contribution in [0.2, 0.25) is 0 Å². The fraction of sp³-hybridized carbons (Fsp3) is 0.375. The first-order chi connectivity index (χ1) is 15.6. The normalized spacial score (nSPS) is 16.8. The molecular weight excluding hydrogens is 438 g/mol. The van der Waals surface area contributed by atoms with Crippen LogP contribution in [0.1, 0.15) is 67.2 Å². The highest BCUT2D eigenvalue weighted by atomic mass is 19.3. The SMILES string of the molecule is CC.Cc1cccc(F)c1F.NC(=O)c1nccc2[nH]c([C@H]3CCCC(F)(F)C3)cc(=O)c12. The Balaban J connectivity index is 0.000000293. The van der Waals surface area contributed by atoms with Crippen LogP contribution >= 0.6 is 0 Å². The summed E-state index contributed by atoms with van der Waals surface area (Å²) < 4.78 is 51.7. The number of alkyl halides is 2. The Hall–Kier alpha value is -3.23. The van der Waals surface area contributed by atoms with Crippen LogP contribution in [0.5, 0.6) is 0 Å². The summed E-state index contributed by atoms with van der Waals surface area (Å²) in [6, 6.07) is 6.92. The fourth-order valence-corrected chi connectivity index (χ4v) is 3.68. The number of nitrogens with zero attached hydrogens (tertiary/aromatic N) is 1. The molecule has 0 aliphatic heterocycles. The number of halogens is 4. The molecule has 5 nitrogen and oxygen atoms in total. The first-order valence-corrected chi connectivity index (χ1v) is 10.7. The molecule has 9 heteroatoms. The zero-order valence-electron chi connectivity index (χ0n) is 18.7. The number of primary amides is 1. The van der Waals surface area contributed by atoms with Gasteiger partial charge in [0.25, 0.3) is 5.91 Å². The number of rotatable bonds is 2. The third-order valence-corrected chi connectivity index (χ3v) is 5.22. The number of carbonyl (C=O) groups excluding carboxylic acids is 1. The third-order valence-electron chi connectivity index (χ3n) is 5.22. The summed E-state index contributed by atoms with van der Waals surface area (Å²) in [6.07, 6.45) is 1.99. The van der Waals surface area contributed by atoms with Crippen molar-refractivity contribution in [2.75, 3.05) is 0 Å². The number of fused-ring (bicyclic) bond motifs is 1. The van der Waals surface area contributed by atoms with Crippen LogP contribution in [0.3, 0.4) is 0 Å². The highest BCUT2D eigenvalue weighted by molar-refractivity contribution is 6.03. The molecule has 0 radical (unpaired) electrons. The number of pyridine rings is 2. The monoisotopic (exact) mass is 465 g/mol. The van der Waals surface area contributed by atoms with Crippen molar-refractivity contribution in [3.05, 3.63) is 75.3 Å². The van der Waals surface area contributed by atoms with Crippen LogP contribution in [-0.2, 0) is 0 Å². The first kappa shape index (κ1) is 26.0. The Labute approximate surface area is 189 Å². The molecule has 0 spiro atoms. The number of aromatic nitrogens is 2. The van der Waals surface area contributed by atoms with Gasteiger partial charge in [0, 0.05) is 36.7 Å². The number of aromatic amines is 1. The molecule has 1 atom stereocenters. The van der Waals surface area contributed by atoms with E-state index in [0.717, 1.165) is 6.07 Å². The van der Waals surface area contributed by atoms with Crippen LogP contribution in [0.25, 0.3) is 10.9 Å². The summed E-state index contributed by atoms with van der Waals surface area (Å²) >= 11 is 0. The Kier molecular flexibility index (Phi) is 8.73. The summed E-state index contributed by atoms with van der Waals surface area (Å²) in [7, 11) is 0. The standard InChI is InChI=1S/C15H15F2N3O2.C7H6F2.C2H6/c16-15(17)4-1-2-8(7-15)10-6-11(21)12-9(20-10)3-5-19-13(12)14(18)22;1-5-3-2-4-6(8)7(5)9;1-2/h3,5-6,8H,1-2,4,7H2,(H2,18,22)(H,20,21);2-4H,1H3;1-2H3/t8-;;/m0../s1. The van der Waals surface area contributed by atoms with E-state index >= 15 is 0 Å². The molecule has 2 aromatic heterocycles. The minimum Gasteiger partial charge on any atom is -0.364 e. The molecule has 4 rings (SSSR count). The van der Waals surface area contributed by atoms with Gasteiger partial charge in [0.2, 0.25) is 5.92 Å². The molecular formula is C24H27F4N3O2. The molecule has 1 amide bonds. The molecule has 0 saturated heterocycles. The van der Waals surface area contributed by atoms with Crippen molar-refractivity contribution in [3.8, 4) is 0 Å². The van der Waals surface area contributed by atoms with Crippen molar-refractivity contribution < 1.29 is 22.4 Å². The number of nitrogens with two attached hydrogens (primary N) is 1. The summed E-state index contributed by atoms with van der Waals surface area (Å²) in [6.45, 7) is 5.53. The van der Waals surface area contributed by atoms with E-state index in [-0.39, 0.29) is 23.9 Å². The molecule has 0 bridgehead atoms. The van der Waals surface area contributed by atoms with E-state index in [9.17, 15) is 27.2 Å². The Bertz CT molecular complexity index is 1160. The predicted octanol–water partition coefficient (Wildman–Crippen LogP) is 5.61. The van der Waals surface area contributed by atoms with E-state index in [2.05, 4.69) is 9.97 Å². The number of H-pyrrole nitrogens is 1. The molecule has 1 aliphatic rings. The van der Waals surface area contributed by atoms with Gasteiger partial charge >= 0.3 is 0 Å². The molecule has 178 valence electrons. The zero-order chi connectivity index (χ0) is 24.8. The molecule has 3 aromatic rings. The van der Waals surface area contributed by atoms with Gasteiger partial charge < -0.3 is 10.7 Å². The van der Waals surface area contributed by atoms with Gasteiger partial charge in [-0.15, -0.1) is 0 Å². The average molecular weight is 465 g/mol. The van der Waals surface area contributed by atoms with Gasteiger partial charge in [-0.05, 0) is 37.5 Å². The van der Waals surface area contributed by atoms with Gasteiger partial charge in [-0.1, -0.05) is 26.0 Å². The summed E-state index contributed by atoms with van der Waals surface area (Å²) in [5.74, 6) is -5.43. The molecule has 0 unspecified atom stereocenters. The lowest BCUT2D eigenvalue weighted by Crippen LogP contribution is -2.26. The second-order valence-electron chi connectivity index (χ2n) is 7.56. The van der Waals surface area contributed by atoms with Gasteiger partial charge in [0.15, 0.2) is 17.1 Å². The Morgan fingerprint density at radius 3 is 2.48 bits per heavy atom. The second kappa shape index (κ2) is 11.1. The molecule has 1 fully saturated rings. The number of nitrogens with one attached hydrogen (secondary N) is 1. The zero-order valence-corrected chi connectivity index (χ0v) is 18.7. The third kappa shape index (κ3) is 6.40. The van der Waals surface area contributed by atoms with Crippen molar-refractivity contribution in [2.45, 2.75) is 58.3 Å². The fourth-order valence-electron chi connectivity index (χ4n) is 3.68. The quantitative estimate of drug-likeness (QED) is 0.482. The van der Waals surface area contributed by atoms with Crippen molar-refractivity contribution in [1.29, 1.82) is 0 Å². The topological polar surface area (TPSA) is 88.8 Å². The number of benzene rings is 1. The number of aryl methyl sites for hydroxylation is 1. The van der Waals surface area contributed by atoms with Gasteiger partial charge in [-0.2, -0.15) is 0 Å². The van der Waals surface area contributed by atoms with E-state index in [1.807, 2.05) is 13.8 Å². The van der Waals surface area contributed by atoms with Gasteiger partial charge in [0.05, 0.1) is 10.9 Å². The molecule has 2 heterocycles. The van der Waals surface area contributed by atoms with Crippen LogP contribution < -0.4 is 11.2 Å². The largest absolute Gasteiger partial charge is 0.364 e. The number of hydrogen-bond acceptors (Lipinski definition) is 3. The van der Waals surface area contributed by atoms with Gasteiger partial charge in [0.1, 0.15) is 5.69 Å². The van der Waals surface area contributed by atoms with E-state index in [4.69, 9.17) is 5.73 Å². The molecule has 1 aliphatic carbocycles. The Morgan fingerprint density at radius 1 is 1.21 bits per heavy atom. The van der Waals surface area contributed by atoms with Gasteiger partial charge in [-0.3, -0.25) is 14.6 Å². The van der Waals surface area contributed by atoms with Crippen LogP contribution in [0.4, 0.5) is 17.6 Å². The van der Waals surface area contributed by atoms with Crippen LogP contribution in [0, 0.1) is 18.6 Å². The second-order valence-corrected chi connectivity index (χ2v) is 7.56. The number of hydrogen-bond donors (Lipinski definition) is 2. The highest BCUT2D eigenvalue weighted by Gasteiger charge is 2.37. The predicted molar refractivity (Wildman–Crippen MR) is 119 cm³/mol. The first-order valence-electron chi connectivity index (χ1n) is 10.7. The molecule has 3 N–H and O–H groups in total. The van der Waals surface area contributed by atoms with E-state index in [1.54, 1.807) is 0 Å². The van der Waals surface area contributed by atoms with Crippen molar-refractivity contribution in [1.82, 2.24) is 9.97 Å². The number of amides is 1. The minimum absolute atomic E-state index is 0.0984. The van der Waals surface area contributed by atoms with E-state index in [1.165, 1.54) is 37.4 Å². The average Bonchev–Trinajstić information content (AvgIpc) is 2.78. The van der Waals surface area contributed by atoms with Crippen LogP contribution in [0.15, 0.2) is 41.3 Å². The Morgan fingerprint density at radius 2 is 1.91 bits per heavy atom. The smallest absolute Gasteiger partial charge is 0.268 e. The lowest BCUT2D eigenvalue weighted by molar-refractivity contribution is -0.0412. The van der Waals surface area contributed by atoms with Crippen LogP contribution in [-0.4, -0.2) is 21.8 Å². The lowest BCUT2D eigenvalue weighted by Gasteiger charge is -2.29. The maximum atomic E-state index is 13.6. The summed E-state index contributed by atoms with van der Waals surface area (Å²) in [5.41, 5.74) is 5.87. The minimum atomic E-state index is -2.70. The van der Waals surface area contributed by atoms with Crippen molar-refractivity contribution in [3.63, 3.8) is 0 Å². The van der Waals surface area contributed by atoms with Crippen molar-refractivity contribution in [2.24, 2.45) is 5.73 Å². The maximum Gasteiger partial charge on any atom is 0.268 e. The van der Waals surface area contributed by atoms with E-state index < -0.39 is 34.8 Å². The van der Waals surface area contributed by atoms with E-state index in [0.29, 0.717) is 29.6 Å². The molecule has 1 aromatic carbocycles. The summed E-state index contributed by atoms with van der Waals surface area (Å²) in [4.78, 5) is 30.4. The maximum absolute atomic E-state index is 13.6. The number of carbonyl (C=O) groups is 1. The van der Waals surface area contributed by atoms with Gasteiger partial charge in [-0.25, -0.2) is 17.6 Å². The molecule has 33 heavy (non-hydrogen) atoms. The summed E-state index contributed by atoms with van der Waals surface area (Å²) in [5, 5.41) is 0.0984. The lowest BCUT2D eigenvalue weighted by atomic mass is 9.84. The highest BCUT2D eigenvalue weighted by Crippen LogP contribution is 2.41. The van der Waals surface area contributed by atoms with Crippen molar-refractivity contribution >= 4 is 16.8 Å². The molecule has 1 saturated carbocycles.